The zero-order valence-electron chi connectivity index (χ0n) is 12.8. The van der Waals surface area contributed by atoms with E-state index in [1.165, 1.54) is 16.7 Å². The molecule has 2 heteroatoms. The molecule has 0 unspecified atom stereocenters. The molecule has 1 nitrogen and oxygen atoms in total. The number of halogens is 1. The molecule has 0 aliphatic rings. The van der Waals surface area contributed by atoms with Crippen LogP contribution in [0.5, 0.6) is 0 Å². The molecule has 0 saturated carbocycles. The van der Waals surface area contributed by atoms with Gasteiger partial charge in [-0.15, -0.1) is 0 Å². The van der Waals surface area contributed by atoms with Crippen LogP contribution in [-0.2, 0) is 0 Å². The smallest absolute Gasteiger partial charge is 0.126 e. The minimum atomic E-state index is -0.181. The van der Waals surface area contributed by atoms with Crippen molar-refractivity contribution in [1.82, 2.24) is 4.98 Å². The number of rotatable bonds is 1. The van der Waals surface area contributed by atoms with Crippen LogP contribution in [0.25, 0.3) is 22.2 Å². The maximum absolute atomic E-state index is 13.6. The van der Waals surface area contributed by atoms with Crippen molar-refractivity contribution >= 4 is 10.9 Å². The van der Waals surface area contributed by atoms with Crippen molar-refractivity contribution in [1.29, 1.82) is 0 Å². The molecule has 3 aromatic rings. The first-order valence-electron chi connectivity index (χ1n) is 7.11. The lowest BCUT2D eigenvalue weighted by atomic mass is 9.98. The highest BCUT2D eigenvalue weighted by Gasteiger charge is 2.07. The van der Waals surface area contributed by atoms with E-state index in [-0.39, 0.29) is 5.82 Å². The molecule has 21 heavy (non-hydrogen) atoms. The van der Waals surface area contributed by atoms with Gasteiger partial charge in [-0.25, -0.2) is 9.37 Å². The lowest BCUT2D eigenvalue weighted by Crippen LogP contribution is -1.92. The van der Waals surface area contributed by atoms with E-state index in [2.05, 4.69) is 32.9 Å². The summed E-state index contributed by atoms with van der Waals surface area (Å²) < 4.78 is 13.6. The number of aromatic nitrogens is 1. The average molecular weight is 279 g/mol. The highest BCUT2D eigenvalue weighted by molar-refractivity contribution is 5.82. The van der Waals surface area contributed by atoms with Crippen LogP contribution in [0, 0.1) is 33.5 Å². The fourth-order valence-electron chi connectivity index (χ4n) is 2.59. The van der Waals surface area contributed by atoms with E-state index in [1.54, 1.807) is 13.0 Å². The quantitative estimate of drug-likeness (QED) is 0.591. The fraction of sp³-hybridized carbons (Fsp3) is 0.211. The zero-order chi connectivity index (χ0) is 15.1. The van der Waals surface area contributed by atoms with Crippen LogP contribution in [-0.4, -0.2) is 4.98 Å². The summed E-state index contributed by atoms with van der Waals surface area (Å²) in [6.45, 7) is 8.14. The largest absolute Gasteiger partial charge is 0.248 e. The van der Waals surface area contributed by atoms with Gasteiger partial charge in [0.05, 0.1) is 11.2 Å². The van der Waals surface area contributed by atoms with Gasteiger partial charge in [0, 0.05) is 10.9 Å². The molecule has 0 atom stereocenters. The SMILES string of the molecule is Cc1cc2nc(-c3cc(C)c(C)c(C)c3)ccc2cc1F. The third-order valence-electron chi connectivity index (χ3n) is 4.19. The second-order valence-corrected chi connectivity index (χ2v) is 5.73. The van der Waals surface area contributed by atoms with Crippen molar-refractivity contribution in [3.05, 3.63) is 64.5 Å². The van der Waals surface area contributed by atoms with Crippen LogP contribution in [0.2, 0.25) is 0 Å². The summed E-state index contributed by atoms with van der Waals surface area (Å²) in [7, 11) is 0. The summed E-state index contributed by atoms with van der Waals surface area (Å²) in [5.74, 6) is -0.181. The fourth-order valence-corrected chi connectivity index (χ4v) is 2.59. The molecule has 0 radical (unpaired) electrons. The Hall–Kier alpha value is -2.22. The number of pyridine rings is 1. The molecule has 0 saturated heterocycles. The predicted octanol–water partition coefficient (Wildman–Crippen LogP) is 5.27. The molecule has 0 fully saturated rings. The molecule has 106 valence electrons. The Morgan fingerprint density at radius 1 is 0.810 bits per heavy atom. The summed E-state index contributed by atoms with van der Waals surface area (Å²) in [6, 6.07) is 11.6. The lowest BCUT2D eigenvalue weighted by molar-refractivity contribution is 0.620. The molecule has 0 amide bonds. The Labute approximate surface area is 124 Å². The Kier molecular flexibility index (Phi) is 3.25. The molecular weight excluding hydrogens is 261 g/mol. The number of hydrogen-bond donors (Lipinski definition) is 0. The van der Waals surface area contributed by atoms with Crippen LogP contribution in [0.4, 0.5) is 4.39 Å². The molecule has 0 aliphatic heterocycles. The average Bonchev–Trinajstić information content (AvgIpc) is 2.45. The third kappa shape index (κ3) is 2.42. The molecule has 2 aromatic carbocycles. The van der Waals surface area contributed by atoms with Crippen molar-refractivity contribution in [3.8, 4) is 11.3 Å². The monoisotopic (exact) mass is 279 g/mol. The summed E-state index contributed by atoms with van der Waals surface area (Å²) in [5, 5.41) is 0.836. The van der Waals surface area contributed by atoms with E-state index in [0.29, 0.717) is 5.56 Å². The molecule has 1 aromatic heterocycles. The Morgan fingerprint density at radius 3 is 2.14 bits per heavy atom. The topological polar surface area (TPSA) is 12.9 Å². The van der Waals surface area contributed by atoms with E-state index in [9.17, 15) is 4.39 Å². The second-order valence-electron chi connectivity index (χ2n) is 5.73. The van der Waals surface area contributed by atoms with Gasteiger partial charge in [0.2, 0.25) is 0 Å². The Morgan fingerprint density at radius 2 is 1.48 bits per heavy atom. The van der Waals surface area contributed by atoms with Gasteiger partial charge in [-0.3, -0.25) is 0 Å². The first-order chi connectivity index (χ1) is 9.95. The first-order valence-corrected chi connectivity index (χ1v) is 7.11. The van der Waals surface area contributed by atoms with E-state index in [0.717, 1.165) is 22.2 Å². The summed E-state index contributed by atoms with van der Waals surface area (Å²) in [6.07, 6.45) is 0. The number of nitrogens with zero attached hydrogens (tertiary/aromatic N) is 1. The normalized spacial score (nSPS) is 11.1. The van der Waals surface area contributed by atoms with Gasteiger partial charge in [-0.1, -0.05) is 6.07 Å². The minimum Gasteiger partial charge on any atom is -0.248 e. The first kappa shape index (κ1) is 13.7. The second kappa shape index (κ2) is 4.96. The minimum absolute atomic E-state index is 0.181. The van der Waals surface area contributed by atoms with Crippen molar-refractivity contribution in [3.63, 3.8) is 0 Å². The molecule has 0 aliphatic carbocycles. The van der Waals surface area contributed by atoms with E-state index >= 15 is 0 Å². The van der Waals surface area contributed by atoms with Crippen LogP contribution in [0.3, 0.4) is 0 Å². The Bertz CT molecular complexity index is 827. The molecule has 1 heterocycles. The number of benzene rings is 2. The van der Waals surface area contributed by atoms with Crippen LogP contribution >= 0.6 is 0 Å². The molecule has 0 bridgehead atoms. The number of fused-ring (bicyclic) bond motifs is 1. The van der Waals surface area contributed by atoms with Gasteiger partial charge in [0.25, 0.3) is 0 Å². The van der Waals surface area contributed by atoms with Crippen LogP contribution in [0.15, 0.2) is 36.4 Å². The standard InChI is InChI=1S/C19H18FN/c1-11-7-16(8-12(2)14(11)4)18-6-5-15-10-17(20)13(3)9-19(15)21-18/h5-10H,1-4H3. The predicted molar refractivity (Wildman–Crippen MR) is 86.1 cm³/mol. The van der Waals surface area contributed by atoms with E-state index < -0.39 is 0 Å². The van der Waals surface area contributed by atoms with Crippen molar-refractivity contribution in [2.45, 2.75) is 27.7 Å². The van der Waals surface area contributed by atoms with Gasteiger partial charge in [0.15, 0.2) is 0 Å². The zero-order valence-corrected chi connectivity index (χ0v) is 12.8. The van der Waals surface area contributed by atoms with Crippen LogP contribution < -0.4 is 0 Å². The highest BCUT2D eigenvalue weighted by Crippen LogP contribution is 2.26. The summed E-state index contributed by atoms with van der Waals surface area (Å²) in [5.41, 5.74) is 7.35. The third-order valence-corrected chi connectivity index (χ3v) is 4.19. The van der Waals surface area contributed by atoms with Gasteiger partial charge < -0.3 is 0 Å². The van der Waals surface area contributed by atoms with Gasteiger partial charge in [-0.2, -0.15) is 0 Å². The van der Waals surface area contributed by atoms with Gasteiger partial charge in [0.1, 0.15) is 5.82 Å². The van der Waals surface area contributed by atoms with E-state index in [4.69, 9.17) is 4.98 Å². The number of hydrogen-bond acceptors (Lipinski definition) is 1. The highest BCUT2D eigenvalue weighted by atomic mass is 19.1. The van der Waals surface area contributed by atoms with Crippen molar-refractivity contribution < 1.29 is 4.39 Å². The molecule has 3 rings (SSSR count). The van der Waals surface area contributed by atoms with Crippen LogP contribution in [0.1, 0.15) is 22.3 Å². The van der Waals surface area contributed by atoms with Crippen molar-refractivity contribution in [2.24, 2.45) is 0 Å². The number of aryl methyl sites for hydroxylation is 3. The Balaban J connectivity index is 2.19. The van der Waals surface area contributed by atoms with E-state index in [1.807, 2.05) is 18.2 Å². The summed E-state index contributed by atoms with van der Waals surface area (Å²) >= 11 is 0. The van der Waals surface area contributed by atoms with Crippen molar-refractivity contribution in [2.75, 3.05) is 0 Å². The maximum Gasteiger partial charge on any atom is 0.126 e. The molecule has 0 spiro atoms. The molecular formula is C19H18FN. The lowest BCUT2D eigenvalue weighted by Gasteiger charge is -2.10. The summed E-state index contributed by atoms with van der Waals surface area (Å²) in [4.78, 5) is 4.69. The molecule has 0 N–H and O–H groups in total. The van der Waals surface area contributed by atoms with Gasteiger partial charge in [-0.05, 0) is 80.3 Å². The van der Waals surface area contributed by atoms with Gasteiger partial charge >= 0.3 is 0 Å². The maximum atomic E-state index is 13.6.